The molecule has 1 aliphatic rings. The maximum absolute atomic E-state index is 12.1. The second kappa shape index (κ2) is 7.50. The summed E-state index contributed by atoms with van der Waals surface area (Å²) in [6, 6.07) is -0.0193. The fourth-order valence-corrected chi connectivity index (χ4v) is 2.72. The lowest BCUT2D eigenvalue weighted by Crippen LogP contribution is -2.48. The number of amides is 2. The Morgan fingerprint density at radius 1 is 1.25 bits per heavy atom. The topological polar surface area (TPSA) is 69.6 Å². The highest BCUT2D eigenvalue weighted by Crippen LogP contribution is 2.34. The van der Waals surface area contributed by atoms with E-state index >= 15 is 0 Å². The van der Waals surface area contributed by atoms with Crippen LogP contribution < -0.4 is 5.32 Å². The zero-order valence-corrected chi connectivity index (χ0v) is 12.9. The molecule has 0 radical (unpaired) electrons. The third-order valence-corrected chi connectivity index (χ3v) is 4.66. The van der Waals surface area contributed by atoms with E-state index < -0.39 is 11.4 Å². The Kier molecular flexibility index (Phi) is 6.30. The third kappa shape index (κ3) is 4.12. The molecular formula is C15H28N2O3. The standard InChI is InChI=1S/C15H28N2O3/c1-4-12(2)17(3)14(20)16-11-15(13(18)19)9-7-5-6-8-10-15/h12H,4-11H2,1-3H3,(H,16,20)(H,18,19). The number of carboxylic acids is 1. The van der Waals surface area contributed by atoms with E-state index in [1.807, 2.05) is 13.8 Å². The number of carboxylic acid groups (broad SMARTS) is 1. The number of hydrogen-bond acceptors (Lipinski definition) is 2. The van der Waals surface area contributed by atoms with Gasteiger partial charge in [0.2, 0.25) is 0 Å². The number of hydrogen-bond donors (Lipinski definition) is 2. The molecule has 20 heavy (non-hydrogen) atoms. The number of aliphatic carboxylic acids is 1. The van der Waals surface area contributed by atoms with Gasteiger partial charge in [-0.25, -0.2) is 4.79 Å². The molecule has 0 saturated heterocycles. The molecule has 1 fully saturated rings. The molecule has 2 N–H and O–H groups in total. The number of nitrogens with one attached hydrogen (secondary N) is 1. The van der Waals surface area contributed by atoms with Crippen molar-refractivity contribution in [2.45, 2.75) is 64.8 Å². The Labute approximate surface area is 121 Å². The van der Waals surface area contributed by atoms with Crippen LogP contribution in [0, 0.1) is 5.41 Å². The maximum Gasteiger partial charge on any atom is 0.317 e. The second-order valence-corrected chi connectivity index (χ2v) is 6.03. The van der Waals surface area contributed by atoms with E-state index in [0.29, 0.717) is 12.8 Å². The summed E-state index contributed by atoms with van der Waals surface area (Å²) in [6.45, 7) is 4.25. The van der Waals surface area contributed by atoms with Crippen molar-refractivity contribution in [2.24, 2.45) is 5.41 Å². The number of nitrogens with zero attached hydrogens (tertiary/aromatic N) is 1. The molecule has 0 aromatic heterocycles. The van der Waals surface area contributed by atoms with Gasteiger partial charge >= 0.3 is 12.0 Å². The van der Waals surface area contributed by atoms with Crippen LogP contribution in [-0.2, 0) is 4.79 Å². The van der Waals surface area contributed by atoms with Gasteiger partial charge in [0.15, 0.2) is 0 Å². The molecule has 0 heterocycles. The highest BCUT2D eigenvalue weighted by atomic mass is 16.4. The Hall–Kier alpha value is -1.26. The monoisotopic (exact) mass is 284 g/mol. The van der Waals surface area contributed by atoms with Gasteiger partial charge in [0.05, 0.1) is 5.41 Å². The van der Waals surface area contributed by atoms with Gasteiger partial charge in [0, 0.05) is 19.6 Å². The van der Waals surface area contributed by atoms with Crippen molar-refractivity contribution in [2.75, 3.05) is 13.6 Å². The summed E-state index contributed by atoms with van der Waals surface area (Å²) >= 11 is 0. The average Bonchev–Trinajstić information content (AvgIpc) is 2.69. The third-order valence-electron chi connectivity index (χ3n) is 4.66. The molecule has 0 spiro atoms. The summed E-state index contributed by atoms with van der Waals surface area (Å²) in [5.41, 5.74) is -0.775. The van der Waals surface area contributed by atoms with Crippen LogP contribution in [0.3, 0.4) is 0 Å². The normalized spacial score (nSPS) is 19.8. The number of urea groups is 1. The maximum atomic E-state index is 12.1. The first kappa shape index (κ1) is 16.8. The molecule has 5 nitrogen and oxygen atoms in total. The predicted molar refractivity (Wildman–Crippen MR) is 78.7 cm³/mol. The quantitative estimate of drug-likeness (QED) is 0.763. The largest absolute Gasteiger partial charge is 0.481 e. The van der Waals surface area contributed by atoms with Gasteiger partial charge in [-0.1, -0.05) is 32.6 Å². The van der Waals surface area contributed by atoms with Crippen LogP contribution in [-0.4, -0.2) is 41.6 Å². The van der Waals surface area contributed by atoms with Gasteiger partial charge in [-0.2, -0.15) is 0 Å². The van der Waals surface area contributed by atoms with Gasteiger partial charge < -0.3 is 15.3 Å². The lowest BCUT2D eigenvalue weighted by molar-refractivity contribution is -0.149. The van der Waals surface area contributed by atoms with Gasteiger partial charge in [-0.05, 0) is 26.2 Å². The van der Waals surface area contributed by atoms with Crippen LogP contribution in [0.25, 0.3) is 0 Å². The summed E-state index contributed by atoms with van der Waals surface area (Å²) in [4.78, 5) is 25.3. The summed E-state index contributed by atoms with van der Waals surface area (Å²) in [5, 5.41) is 12.4. The molecule has 0 aliphatic heterocycles. The highest BCUT2D eigenvalue weighted by Gasteiger charge is 2.39. The molecule has 1 rings (SSSR count). The molecule has 1 aliphatic carbocycles. The molecule has 5 heteroatoms. The van der Waals surface area contributed by atoms with Crippen LogP contribution in [0.15, 0.2) is 0 Å². The molecule has 0 aromatic carbocycles. The van der Waals surface area contributed by atoms with Gasteiger partial charge in [-0.15, -0.1) is 0 Å². The van der Waals surface area contributed by atoms with E-state index in [0.717, 1.165) is 32.1 Å². The molecule has 116 valence electrons. The lowest BCUT2D eigenvalue weighted by Gasteiger charge is -2.30. The van der Waals surface area contributed by atoms with Crippen molar-refractivity contribution in [3.05, 3.63) is 0 Å². The van der Waals surface area contributed by atoms with E-state index in [1.165, 1.54) is 0 Å². The zero-order chi connectivity index (χ0) is 15.2. The van der Waals surface area contributed by atoms with Crippen molar-refractivity contribution in [3.8, 4) is 0 Å². The predicted octanol–water partition coefficient (Wildman–Crippen LogP) is 2.85. The van der Waals surface area contributed by atoms with Gasteiger partial charge in [0.1, 0.15) is 0 Å². The first-order chi connectivity index (χ1) is 9.43. The van der Waals surface area contributed by atoms with Crippen molar-refractivity contribution < 1.29 is 14.7 Å². The van der Waals surface area contributed by atoms with E-state index in [2.05, 4.69) is 5.32 Å². The summed E-state index contributed by atoms with van der Waals surface area (Å²) in [6.07, 6.45) is 6.26. The minimum atomic E-state index is -0.775. The Morgan fingerprint density at radius 2 is 1.80 bits per heavy atom. The molecule has 0 aromatic rings. The summed E-state index contributed by atoms with van der Waals surface area (Å²) < 4.78 is 0. The molecule has 1 atom stereocenters. The Bertz CT molecular complexity index is 336. The van der Waals surface area contributed by atoms with Crippen molar-refractivity contribution in [1.82, 2.24) is 10.2 Å². The fraction of sp³-hybridized carbons (Fsp3) is 0.867. The minimum Gasteiger partial charge on any atom is -0.481 e. The van der Waals surface area contributed by atoms with E-state index in [-0.39, 0.29) is 18.6 Å². The smallest absolute Gasteiger partial charge is 0.317 e. The van der Waals surface area contributed by atoms with E-state index in [1.54, 1.807) is 11.9 Å². The number of carbonyl (C=O) groups is 2. The fourth-order valence-electron chi connectivity index (χ4n) is 2.72. The van der Waals surface area contributed by atoms with E-state index in [9.17, 15) is 14.7 Å². The van der Waals surface area contributed by atoms with Gasteiger partial charge in [-0.3, -0.25) is 4.79 Å². The number of rotatable bonds is 5. The summed E-state index contributed by atoms with van der Waals surface area (Å²) in [7, 11) is 1.75. The van der Waals surface area contributed by atoms with Crippen molar-refractivity contribution in [1.29, 1.82) is 0 Å². The van der Waals surface area contributed by atoms with Crippen LogP contribution in [0.5, 0.6) is 0 Å². The molecule has 0 bridgehead atoms. The first-order valence-corrected chi connectivity index (χ1v) is 7.67. The van der Waals surface area contributed by atoms with Crippen molar-refractivity contribution in [3.63, 3.8) is 0 Å². The summed E-state index contributed by atoms with van der Waals surface area (Å²) in [5.74, 6) is -0.772. The van der Waals surface area contributed by atoms with Gasteiger partial charge in [0.25, 0.3) is 0 Å². The SMILES string of the molecule is CCC(C)N(C)C(=O)NCC1(C(=O)O)CCCCCC1. The lowest BCUT2D eigenvalue weighted by atomic mass is 9.80. The first-order valence-electron chi connectivity index (χ1n) is 7.67. The van der Waals surface area contributed by atoms with E-state index in [4.69, 9.17) is 0 Å². The van der Waals surface area contributed by atoms with Crippen LogP contribution >= 0.6 is 0 Å². The Morgan fingerprint density at radius 3 is 2.25 bits per heavy atom. The van der Waals surface area contributed by atoms with Crippen LogP contribution in [0.2, 0.25) is 0 Å². The zero-order valence-electron chi connectivity index (χ0n) is 12.9. The van der Waals surface area contributed by atoms with Crippen LogP contribution in [0.4, 0.5) is 4.79 Å². The van der Waals surface area contributed by atoms with Crippen molar-refractivity contribution >= 4 is 12.0 Å². The van der Waals surface area contributed by atoms with Crippen LogP contribution in [0.1, 0.15) is 58.8 Å². The average molecular weight is 284 g/mol. The Balaban J connectivity index is 2.63. The molecular weight excluding hydrogens is 256 g/mol. The molecule has 2 amide bonds. The highest BCUT2D eigenvalue weighted by molar-refractivity contribution is 5.78. The number of carbonyl (C=O) groups excluding carboxylic acids is 1. The minimum absolute atomic E-state index is 0.157. The second-order valence-electron chi connectivity index (χ2n) is 6.03. The molecule has 1 unspecified atom stereocenters. The molecule has 1 saturated carbocycles.